The van der Waals surface area contributed by atoms with Crippen LogP contribution in [-0.4, -0.2) is 29.0 Å². The number of benzene rings is 1. The summed E-state index contributed by atoms with van der Waals surface area (Å²) in [4.78, 5) is 18.0. The highest BCUT2D eigenvalue weighted by Gasteiger charge is 2.12. The number of aromatic nitrogens is 1. The Kier molecular flexibility index (Phi) is 6.13. The van der Waals surface area contributed by atoms with Crippen molar-refractivity contribution >= 4 is 11.7 Å². The molecule has 128 valence electrons. The zero-order valence-electron chi connectivity index (χ0n) is 14.3. The fourth-order valence-corrected chi connectivity index (χ4v) is 2.12. The topological polar surface area (TPSA) is 78.3 Å². The second kappa shape index (κ2) is 8.50. The van der Waals surface area contributed by atoms with Gasteiger partial charge in [0.1, 0.15) is 11.8 Å². The Bertz CT molecular complexity index is 794. The third kappa shape index (κ3) is 5.36. The van der Waals surface area contributed by atoms with Crippen molar-refractivity contribution in [2.45, 2.75) is 13.8 Å². The van der Waals surface area contributed by atoms with Gasteiger partial charge in [-0.1, -0.05) is 18.2 Å². The Morgan fingerprint density at radius 3 is 2.80 bits per heavy atom. The number of nitrogens with zero attached hydrogens (tertiary/aromatic N) is 3. The van der Waals surface area contributed by atoms with Crippen molar-refractivity contribution in [3.63, 3.8) is 0 Å². The number of likely N-dealkylation sites (N-methyl/N-ethyl adjacent to an activating group) is 1. The van der Waals surface area contributed by atoms with Crippen molar-refractivity contribution in [3.05, 3.63) is 60.3 Å². The summed E-state index contributed by atoms with van der Waals surface area (Å²) in [7, 11) is 0. The smallest absolute Gasteiger partial charge is 0.322 e. The number of hydrogen-bond acceptors (Lipinski definition) is 4. The molecule has 0 saturated carbocycles. The van der Waals surface area contributed by atoms with Gasteiger partial charge < -0.3 is 15.0 Å². The number of hydrogen-bond donors (Lipinski definition) is 1. The van der Waals surface area contributed by atoms with Crippen LogP contribution in [0.4, 0.5) is 10.5 Å². The predicted octanol–water partition coefficient (Wildman–Crippen LogP) is 4.18. The summed E-state index contributed by atoms with van der Waals surface area (Å²) in [5.74, 6) is 0.915. The van der Waals surface area contributed by atoms with E-state index in [1.807, 2.05) is 19.9 Å². The zero-order chi connectivity index (χ0) is 18.2. The maximum atomic E-state index is 12.3. The third-order valence-electron chi connectivity index (χ3n) is 3.30. The minimum absolute atomic E-state index is 0.195. The van der Waals surface area contributed by atoms with Crippen LogP contribution in [0, 0.1) is 11.3 Å². The van der Waals surface area contributed by atoms with Crippen LogP contribution in [0.2, 0.25) is 0 Å². The molecule has 1 heterocycles. The lowest BCUT2D eigenvalue weighted by molar-refractivity contribution is 0.218. The van der Waals surface area contributed by atoms with E-state index >= 15 is 0 Å². The molecule has 0 unspecified atom stereocenters. The van der Waals surface area contributed by atoms with Crippen LogP contribution in [-0.2, 0) is 0 Å². The van der Waals surface area contributed by atoms with Crippen LogP contribution in [0.15, 0.2) is 54.7 Å². The lowest BCUT2D eigenvalue weighted by Gasteiger charge is -2.21. The van der Waals surface area contributed by atoms with Crippen LogP contribution >= 0.6 is 0 Å². The van der Waals surface area contributed by atoms with Gasteiger partial charge in [-0.05, 0) is 32.0 Å². The van der Waals surface area contributed by atoms with Crippen LogP contribution in [0.25, 0.3) is 0 Å². The van der Waals surface area contributed by atoms with E-state index < -0.39 is 0 Å². The van der Waals surface area contributed by atoms with Crippen molar-refractivity contribution < 1.29 is 9.53 Å². The molecular weight excluding hydrogens is 316 g/mol. The molecule has 0 aliphatic heterocycles. The standard InChI is InChI=1S/C19H20N4O2/c1-4-23(13-14(2)3)19(24)22-16-6-5-7-17(10-16)25-18-9-8-15(11-20)12-21-18/h5-10,12H,2,4,13H2,1,3H3,(H,22,24). The van der Waals surface area contributed by atoms with Crippen molar-refractivity contribution in [1.82, 2.24) is 9.88 Å². The molecule has 0 aliphatic rings. The van der Waals surface area contributed by atoms with E-state index in [4.69, 9.17) is 10.00 Å². The highest BCUT2D eigenvalue weighted by Crippen LogP contribution is 2.23. The number of carbonyl (C=O) groups excluding carboxylic acids is 1. The molecule has 25 heavy (non-hydrogen) atoms. The molecule has 2 rings (SSSR count). The maximum Gasteiger partial charge on any atom is 0.322 e. The Labute approximate surface area is 147 Å². The third-order valence-corrected chi connectivity index (χ3v) is 3.30. The van der Waals surface area contributed by atoms with Gasteiger partial charge in [-0.2, -0.15) is 5.26 Å². The monoisotopic (exact) mass is 336 g/mol. The molecule has 2 aromatic rings. The Balaban J connectivity index is 2.06. The highest BCUT2D eigenvalue weighted by molar-refractivity contribution is 5.89. The first-order valence-electron chi connectivity index (χ1n) is 7.86. The van der Waals surface area contributed by atoms with Gasteiger partial charge in [0.2, 0.25) is 5.88 Å². The first-order chi connectivity index (χ1) is 12.0. The molecule has 1 N–H and O–H groups in total. The van der Waals surface area contributed by atoms with E-state index in [-0.39, 0.29) is 6.03 Å². The number of nitrogens with one attached hydrogen (secondary N) is 1. The van der Waals surface area contributed by atoms with E-state index in [2.05, 4.69) is 16.9 Å². The average Bonchev–Trinajstić information content (AvgIpc) is 2.60. The number of pyridine rings is 1. The average molecular weight is 336 g/mol. The summed E-state index contributed by atoms with van der Waals surface area (Å²) in [6.07, 6.45) is 1.44. The summed E-state index contributed by atoms with van der Waals surface area (Å²) in [6, 6.07) is 12.1. The number of carbonyl (C=O) groups is 1. The fraction of sp³-hybridized carbons (Fsp3) is 0.211. The Hall–Kier alpha value is -3.33. The second-order valence-electron chi connectivity index (χ2n) is 5.53. The van der Waals surface area contributed by atoms with Crippen LogP contribution < -0.4 is 10.1 Å². The molecule has 0 bridgehead atoms. The molecule has 6 nitrogen and oxygen atoms in total. The number of rotatable bonds is 6. The van der Waals surface area contributed by atoms with Gasteiger partial charge in [-0.3, -0.25) is 0 Å². The zero-order valence-corrected chi connectivity index (χ0v) is 14.3. The van der Waals surface area contributed by atoms with Gasteiger partial charge in [-0.15, -0.1) is 0 Å². The molecular formula is C19H20N4O2. The van der Waals surface area contributed by atoms with E-state index in [0.717, 1.165) is 5.57 Å². The predicted molar refractivity (Wildman–Crippen MR) is 96.5 cm³/mol. The van der Waals surface area contributed by atoms with Crippen molar-refractivity contribution in [2.75, 3.05) is 18.4 Å². The normalized spacial score (nSPS) is 9.80. The Morgan fingerprint density at radius 2 is 2.20 bits per heavy atom. The van der Waals surface area contributed by atoms with Gasteiger partial charge in [0.05, 0.1) is 5.56 Å². The van der Waals surface area contributed by atoms with E-state index in [1.165, 1.54) is 6.20 Å². The molecule has 1 aromatic heterocycles. The first-order valence-corrected chi connectivity index (χ1v) is 7.86. The number of nitriles is 1. The lowest BCUT2D eigenvalue weighted by Crippen LogP contribution is -2.35. The molecule has 1 aromatic carbocycles. The number of amides is 2. The maximum absolute atomic E-state index is 12.3. The van der Waals surface area contributed by atoms with Gasteiger partial charge in [0.25, 0.3) is 0 Å². The van der Waals surface area contributed by atoms with E-state index in [9.17, 15) is 4.79 Å². The highest BCUT2D eigenvalue weighted by atomic mass is 16.5. The van der Waals surface area contributed by atoms with Gasteiger partial charge in [-0.25, -0.2) is 9.78 Å². The van der Waals surface area contributed by atoms with Gasteiger partial charge >= 0.3 is 6.03 Å². The van der Waals surface area contributed by atoms with Gasteiger partial charge in [0, 0.05) is 37.1 Å². The van der Waals surface area contributed by atoms with E-state index in [1.54, 1.807) is 41.3 Å². The van der Waals surface area contributed by atoms with Crippen molar-refractivity contribution in [2.24, 2.45) is 0 Å². The molecule has 0 atom stereocenters. The summed E-state index contributed by atoms with van der Waals surface area (Å²) >= 11 is 0. The SMILES string of the molecule is C=C(C)CN(CC)C(=O)Nc1cccc(Oc2ccc(C#N)cn2)c1. The molecule has 2 amide bonds. The van der Waals surface area contributed by atoms with Crippen LogP contribution in [0.5, 0.6) is 11.6 Å². The Morgan fingerprint density at radius 1 is 1.40 bits per heavy atom. The lowest BCUT2D eigenvalue weighted by atomic mass is 10.3. The minimum Gasteiger partial charge on any atom is -0.439 e. The molecule has 0 fully saturated rings. The summed E-state index contributed by atoms with van der Waals surface area (Å²) < 4.78 is 5.65. The molecule has 6 heteroatoms. The molecule has 0 aliphatic carbocycles. The van der Waals surface area contributed by atoms with Crippen LogP contribution in [0.3, 0.4) is 0 Å². The van der Waals surface area contributed by atoms with Gasteiger partial charge in [0.15, 0.2) is 0 Å². The number of urea groups is 1. The summed E-state index contributed by atoms with van der Waals surface area (Å²) in [6.45, 7) is 8.73. The quantitative estimate of drug-likeness (QED) is 0.803. The molecule has 0 saturated heterocycles. The van der Waals surface area contributed by atoms with Crippen molar-refractivity contribution in [3.8, 4) is 17.7 Å². The minimum atomic E-state index is -0.195. The largest absolute Gasteiger partial charge is 0.439 e. The number of anilines is 1. The van der Waals surface area contributed by atoms with Crippen molar-refractivity contribution in [1.29, 1.82) is 5.26 Å². The number of ether oxygens (including phenoxy) is 1. The van der Waals surface area contributed by atoms with E-state index in [0.29, 0.717) is 36.0 Å². The first kappa shape index (κ1) is 18.0. The summed E-state index contributed by atoms with van der Waals surface area (Å²) in [5, 5.41) is 11.6. The molecule has 0 radical (unpaired) electrons. The molecule has 0 spiro atoms. The second-order valence-corrected chi connectivity index (χ2v) is 5.53. The fourth-order valence-electron chi connectivity index (χ4n) is 2.12. The van der Waals surface area contributed by atoms with Crippen LogP contribution in [0.1, 0.15) is 19.4 Å². The summed E-state index contributed by atoms with van der Waals surface area (Å²) in [5.41, 5.74) is 2.00.